The first-order valence-electron chi connectivity index (χ1n) is 7.35. The van der Waals surface area contributed by atoms with Crippen molar-refractivity contribution in [3.8, 4) is 0 Å². The zero-order chi connectivity index (χ0) is 16.8. The van der Waals surface area contributed by atoms with Crippen molar-refractivity contribution >= 4 is 34.1 Å². The Bertz CT molecular complexity index is 802. The monoisotopic (exact) mass is 316 g/mol. The first-order chi connectivity index (χ1) is 11.7. The van der Waals surface area contributed by atoms with E-state index in [1.165, 1.54) is 0 Å². The first kappa shape index (κ1) is 15.4. The van der Waals surface area contributed by atoms with Crippen LogP contribution in [-0.4, -0.2) is 0 Å². The molecule has 6 nitrogen and oxygen atoms in total. The second-order valence-electron chi connectivity index (χ2n) is 5.04. The van der Waals surface area contributed by atoms with Crippen LogP contribution in [0.3, 0.4) is 0 Å². The molecule has 0 saturated heterocycles. The average molecular weight is 316 g/mol. The largest absolute Gasteiger partial charge is 0.397 e. The molecule has 24 heavy (non-hydrogen) atoms. The van der Waals surface area contributed by atoms with Crippen molar-refractivity contribution in [3.05, 3.63) is 72.8 Å². The molecule has 0 heterocycles. The fraction of sp³-hybridized carbons (Fsp3) is 0. The van der Waals surface area contributed by atoms with E-state index in [4.69, 9.17) is 11.5 Å². The topological polar surface area (TPSA) is 101 Å². The Kier molecular flexibility index (Phi) is 4.57. The zero-order valence-electron chi connectivity index (χ0n) is 12.9. The number of nitrogens with zero attached hydrogens (tertiary/aromatic N) is 4. The highest BCUT2D eigenvalue weighted by molar-refractivity contribution is 5.77. The number of hydrogen-bond donors (Lipinski definition) is 2. The van der Waals surface area contributed by atoms with Crippen LogP contribution in [0.2, 0.25) is 0 Å². The molecule has 4 N–H and O–H groups in total. The van der Waals surface area contributed by atoms with Gasteiger partial charge in [0.25, 0.3) is 0 Å². The molecular formula is C18H16N6. The summed E-state index contributed by atoms with van der Waals surface area (Å²) in [5, 5.41) is 16.7. The SMILES string of the molecule is Nc1cc(N)c(N=Nc2ccccc2)cc1N=Nc1ccccc1. The minimum atomic E-state index is 0.436. The van der Waals surface area contributed by atoms with Gasteiger partial charge in [0.2, 0.25) is 0 Å². The van der Waals surface area contributed by atoms with Crippen molar-refractivity contribution in [2.24, 2.45) is 20.5 Å². The molecule has 0 aliphatic carbocycles. The van der Waals surface area contributed by atoms with Crippen LogP contribution in [-0.2, 0) is 0 Å². The molecule has 3 aromatic rings. The number of nitrogen functional groups attached to an aromatic ring is 2. The number of azo groups is 2. The maximum Gasteiger partial charge on any atom is 0.111 e. The number of nitrogens with two attached hydrogens (primary N) is 2. The number of benzene rings is 3. The zero-order valence-corrected chi connectivity index (χ0v) is 12.9. The molecule has 0 fully saturated rings. The van der Waals surface area contributed by atoms with Gasteiger partial charge in [-0.05, 0) is 36.4 Å². The van der Waals surface area contributed by atoms with E-state index in [9.17, 15) is 0 Å². The summed E-state index contributed by atoms with van der Waals surface area (Å²) in [6.45, 7) is 0. The third-order valence-electron chi connectivity index (χ3n) is 3.23. The Labute approximate surface area is 139 Å². The average Bonchev–Trinajstić information content (AvgIpc) is 2.62. The van der Waals surface area contributed by atoms with E-state index in [0.717, 1.165) is 11.4 Å². The standard InChI is InChI=1S/C18H16N6/c19-15-11-16(20)18(24-22-14-9-5-2-6-10-14)12-17(15)23-21-13-7-3-1-4-8-13/h1-12H,19-20H2. The highest BCUT2D eigenvalue weighted by Crippen LogP contribution is 2.35. The predicted molar refractivity (Wildman–Crippen MR) is 96.5 cm³/mol. The van der Waals surface area contributed by atoms with Gasteiger partial charge >= 0.3 is 0 Å². The van der Waals surface area contributed by atoms with Crippen LogP contribution in [0.25, 0.3) is 0 Å². The van der Waals surface area contributed by atoms with Crippen LogP contribution in [0.15, 0.2) is 93.3 Å². The van der Waals surface area contributed by atoms with Crippen molar-refractivity contribution in [2.75, 3.05) is 11.5 Å². The molecule has 3 aromatic carbocycles. The van der Waals surface area contributed by atoms with E-state index in [1.807, 2.05) is 60.7 Å². The first-order valence-corrected chi connectivity index (χ1v) is 7.35. The lowest BCUT2D eigenvalue weighted by molar-refractivity contribution is 1.21. The lowest BCUT2D eigenvalue weighted by Crippen LogP contribution is -1.90. The van der Waals surface area contributed by atoms with Crippen molar-refractivity contribution in [2.45, 2.75) is 0 Å². The van der Waals surface area contributed by atoms with Crippen LogP contribution in [0.4, 0.5) is 34.1 Å². The molecule has 118 valence electrons. The third kappa shape index (κ3) is 3.80. The minimum Gasteiger partial charge on any atom is -0.397 e. The van der Waals surface area contributed by atoms with E-state index in [2.05, 4.69) is 20.5 Å². The summed E-state index contributed by atoms with van der Waals surface area (Å²) in [4.78, 5) is 0. The smallest absolute Gasteiger partial charge is 0.111 e. The molecule has 0 radical (unpaired) electrons. The summed E-state index contributed by atoms with van der Waals surface area (Å²) in [6.07, 6.45) is 0. The molecular weight excluding hydrogens is 300 g/mol. The number of rotatable bonds is 4. The normalized spacial score (nSPS) is 11.3. The van der Waals surface area contributed by atoms with E-state index >= 15 is 0 Å². The lowest BCUT2D eigenvalue weighted by Gasteiger charge is -2.04. The van der Waals surface area contributed by atoms with E-state index < -0.39 is 0 Å². The van der Waals surface area contributed by atoms with Crippen LogP contribution in [0.5, 0.6) is 0 Å². The Morgan fingerprint density at radius 2 is 0.917 bits per heavy atom. The van der Waals surface area contributed by atoms with Crippen LogP contribution in [0.1, 0.15) is 0 Å². The van der Waals surface area contributed by atoms with Gasteiger partial charge in [-0.2, -0.15) is 10.2 Å². The maximum atomic E-state index is 5.96. The minimum absolute atomic E-state index is 0.436. The summed E-state index contributed by atoms with van der Waals surface area (Å²) in [5.74, 6) is 0. The maximum absolute atomic E-state index is 5.96. The summed E-state index contributed by atoms with van der Waals surface area (Å²) in [6, 6.07) is 22.1. The molecule has 0 aromatic heterocycles. The van der Waals surface area contributed by atoms with E-state index in [-0.39, 0.29) is 0 Å². The molecule has 3 rings (SSSR count). The third-order valence-corrected chi connectivity index (χ3v) is 3.23. The molecule has 0 aliphatic heterocycles. The van der Waals surface area contributed by atoms with Gasteiger partial charge in [-0.1, -0.05) is 36.4 Å². The van der Waals surface area contributed by atoms with Crippen molar-refractivity contribution in [3.63, 3.8) is 0 Å². The fourth-order valence-corrected chi connectivity index (χ4v) is 2.00. The lowest BCUT2D eigenvalue weighted by atomic mass is 10.2. The molecule has 0 spiro atoms. The Balaban J connectivity index is 1.89. The highest BCUT2D eigenvalue weighted by atomic mass is 15.1. The van der Waals surface area contributed by atoms with Crippen molar-refractivity contribution in [1.82, 2.24) is 0 Å². The van der Waals surface area contributed by atoms with E-state index in [1.54, 1.807) is 12.1 Å². The molecule has 0 atom stereocenters. The van der Waals surface area contributed by atoms with Crippen LogP contribution >= 0.6 is 0 Å². The molecule has 6 heteroatoms. The van der Waals surface area contributed by atoms with Gasteiger partial charge in [-0.3, -0.25) is 0 Å². The predicted octanol–water partition coefficient (Wildman–Crippen LogP) is 5.68. The second kappa shape index (κ2) is 7.15. The fourth-order valence-electron chi connectivity index (χ4n) is 2.00. The summed E-state index contributed by atoms with van der Waals surface area (Å²) in [7, 11) is 0. The van der Waals surface area contributed by atoms with Gasteiger partial charge < -0.3 is 11.5 Å². The van der Waals surface area contributed by atoms with Crippen molar-refractivity contribution in [1.29, 1.82) is 0 Å². The van der Waals surface area contributed by atoms with Gasteiger partial charge in [-0.25, -0.2) is 0 Å². The molecule has 0 aliphatic rings. The number of hydrogen-bond acceptors (Lipinski definition) is 6. The van der Waals surface area contributed by atoms with Crippen LogP contribution in [0, 0.1) is 0 Å². The van der Waals surface area contributed by atoms with Gasteiger partial charge in [-0.15, -0.1) is 10.2 Å². The molecule has 0 bridgehead atoms. The molecule has 0 amide bonds. The quantitative estimate of drug-likeness (QED) is 0.477. The summed E-state index contributed by atoms with van der Waals surface area (Å²) in [5.41, 5.74) is 15.2. The van der Waals surface area contributed by atoms with Gasteiger partial charge in [0.15, 0.2) is 0 Å². The number of anilines is 2. The van der Waals surface area contributed by atoms with Gasteiger partial charge in [0.05, 0.1) is 22.7 Å². The highest BCUT2D eigenvalue weighted by Gasteiger charge is 2.05. The van der Waals surface area contributed by atoms with Crippen molar-refractivity contribution < 1.29 is 0 Å². The molecule has 0 saturated carbocycles. The Morgan fingerprint density at radius 1 is 0.500 bits per heavy atom. The van der Waals surface area contributed by atoms with E-state index in [0.29, 0.717) is 22.7 Å². The summed E-state index contributed by atoms with van der Waals surface area (Å²) < 4.78 is 0. The van der Waals surface area contributed by atoms with Crippen LogP contribution < -0.4 is 11.5 Å². The van der Waals surface area contributed by atoms with Gasteiger partial charge in [0, 0.05) is 0 Å². The molecule has 0 unspecified atom stereocenters. The Morgan fingerprint density at radius 3 is 1.33 bits per heavy atom. The second-order valence-corrected chi connectivity index (χ2v) is 5.04. The van der Waals surface area contributed by atoms with Gasteiger partial charge in [0.1, 0.15) is 11.4 Å². The summed E-state index contributed by atoms with van der Waals surface area (Å²) >= 11 is 0. The Hall–Kier alpha value is -3.54.